The lowest BCUT2D eigenvalue weighted by Gasteiger charge is -2.25. The summed E-state index contributed by atoms with van der Waals surface area (Å²) in [5.41, 5.74) is 4.64. The standard InChI is InChI=1S/C19H25ClN2O/c1-3-16(8-5-11-23)22-17-7-4-6-14(12-17)18-13-15(20)9-10-19(18)21-2/h3,5,8-10,12-13,17,21-23H,4,6-7,11H2,1-2H3/b8-5-,16-3+. The number of anilines is 1. The highest BCUT2D eigenvalue weighted by Gasteiger charge is 2.17. The molecule has 0 spiro atoms. The van der Waals surface area contributed by atoms with Crippen LogP contribution in [0.25, 0.3) is 5.57 Å². The van der Waals surface area contributed by atoms with Gasteiger partial charge in [-0.2, -0.15) is 0 Å². The van der Waals surface area contributed by atoms with Crippen LogP contribution in [0.15, 0.2) is 48.2 Å². The molecular formula is C19H25ClN2O. The Labute approximate surface area is 143 Å². The number of aliphatic hydroxyl groups excluding tert-OH is 1. The third-order valence-corrected chi connectivity index (χ3v) is 4.26. The molecule has 1 aromatic rings. The fraction of sp³-hybridized carbons (Fsp3) is 0.368. The Morgan fingerprint density at radius 1 is 1.43 bits per heavy atom. The van der Waals surface area contributed by atoms with Crippen LogP contribution in [0.2, 0.25) is 5.02 Å². The highest BCUT2D eigenvalue weighted by atomic mass is 35.5. The molecule has 2 rings (SSSR count). The fourth-order valence-corrected chi connectivity index (χ4v) is 3.05. The molecule has 4 heteroatoms. The van der Waals surface area contributed by atoms with Gasteiger partial charge in [-0.1, -0.05) is 29.8 Å². The van der Waals surface area contributed by atoms with Crippen LogP contribution in [0.5, 0.6) is 0 Å². The Hall–Kier alpha value is -1.71. The second-order valence-corrected chi connectivity index (χ2v) is 6.04. The largest absolute Gasteiger partial charge is 0.392 e. The summed E-state index contributed by atoms with van der Waals surface area (Å²) < 4.78 is 0. The Morgan fingerprint density at radius 3 is 2.96 bits per heavy atom. The van der Waals surface area contributed by atoms with Crippen molar-refractivity contribution in [3.05, 3.63) is 58.8 Å². The quantitative estimate of drug-likeness (QED) is 0.678. The number of hydrogen-bond acceptors (Lipinski definition) is 3. The summed E-state index contributed by atoms with van der Waals surface area (Å²) in [5.74, 6) is 0. The maximum absolute atomic E-state index is 8.92. The summed E-state index contributed by atoms with van der Waals surface area (Å²) >= 11 is 6.18. The molecule has 0 saturated carbocycles. The summed E-state index contributed by atoms with van der Waals surface area (Å²) in [4.78, 5) is 0. The first-order valence-electron chi connectivity index (χ1n) is 8.06. The molecule has 23 heavy (non-hydrogen) atoms. The molecule has 124 valence electrons. The molecule has 0 fully saturated rings. The lowest BCUT2D eigenvalue weighted by Crippen LogP contribution is -2.28. The van der Waals surface area contributed by atoms with Crippen LogP contribution in [-0.2, 0) is 0 Å². The molecule has 1 unspecified atom stereocenters. The van der Waals surface area contributed by atoms with Crippen molar-refractivity contribution in [3.8, 4) is 0 Å². The van der Waals surface area contributed by atoms with Crippen LogP contribution in [0, 0.1) is 0 Å². The van der Waals surface area contributed by atoms with Crippen LogP contribution in [0.3, 0.4) is 0 Å². The molecule has 3 nitrogen and oxygen atoms in total. The second kappa shape index (κ2) is 8.80. The van der Waals surface area contributed by atoms with E-state index in [2.05, 4.69) is 16.7 Å². The van der Waals surface area contributed by atoms with Crippen molar-refractivity contribution in [3.63, 3.8) is 0 Å². The summed E-state index contributed by atoms with van der Waals surface area (Å²) in [6.45, 7) is 2.05. The van der Waals surface area contributed by atoms with Crippen molar-refractivity contribution in [2.45, 2.75) is 32.2 Å². The Bertz CT molecular complexity index is 620. The number of benzene rings is 1. The Balaban J connectivity index is 2.22. The number of nitrogens with one attached hydrogen (secondary N) is 2. The average Bonchev–Trinajstić information content (AvgIpc) is 2.58. The van der Waals surface area contributed by atoms with Gasteiger partial charge >= 0.3 is 0 Å². The van der Waals surface area contributed by atoms with Crippen molar-refractivity contribution < 1.29 is 5.11 Å². The molecule has 3 N–H and O–H groups in total. The van der Waals surface area contributed by atoms with Crippen molar-refractivity contribution in [2.75, 3.05) is 19.0 Å². The third-order valence-electron chi connectivity index (χ3n) is 4.03. The lowest BCUT2D eigenvalue weighted by molar-refractivity contribution is 0.342. The number of allylic oxidation sites excluding steroid dienone is 3. The zero-order valence-corrected chi connectivity index (χ0v) is 14.5. The van der Waals surface area contributed by atoms with Gasteiger partial charge in [0.1, 0.15) is 0 Å². The summed E-state index contributed by atoms with van der Waals surface area (Å²) in [6, 6.07) is 6.26. The smallest absolute Gasteiger partial charge is 0.0616 e. The lowest BCUT2D eigenvalue weighted by atomic mass is 9.90. The summed E-state index contributed by atoms with van der Waals surface area (Å²) in [6.07, 6.45) is 11.3. The molecular weight excluding hydrogens is 308 g/mol. The highest BCUT2D eigenvalue weighted by molar-refractivity contribution is 6.30. The van der Waals surface area contributed by atoms with E-state index in [1.54, 1.807) is 6.08 Å². The SMILES string of the molecule is C/C=C(\C=C/CO)NC1C=C(c2cc(Cl)ccc2NC)CCC1. The van der Waals surface area contributed by atoms with Gasteiger partial charge in [0, 0.05) is 35.1 Å². The summed E-state index contributed by atoms with van der Waals surface area (Å²) in [7, 11) is 1.93. The number of halogens is 1. The van der Waals surface area contributed by atoms with Gasteiger partial charge in [-0.3, -0.25) is 0 Å². The van der Waals surface area contributed by atoms with Crippen LogP contribution in [0.4, 0.5) is 5.69 Å². The van der Waals surface area contributed by atoms with Gasteiger partial charge < -0.3 is 15.7 Å². The van der Waals surface area contributed by atoms with E-state index in [0.29, 0.717) is 0 Å². The zero-order chi connectivity index (χ0) is 16.7. The maximum atomic E-state index is 8.92. The van der Waals surface area contributed by atoms with Crippen LogP contribution < -0.4 is 10.6 Å². The molecule has 1 aromatic carbocycles. The molecule has 1 aliphatic carbocycles. The first-order valence-corrected chi connectivity index (χ1v) is 8.44. The average molecular weight is 333 g/mol. The van der Waals surface area contributed by atoms with Crippen molar-refractivity contribution in [1.29, 1.82) is 0 Å². The molecule has 1 aliphatic rings. The van der Waals surface area contributed by atoms with E-state index in [1.165, 1.54) is 11.1 Å². The molecule has 1 atom stereocenters. The van der Waals surface area contributed by atoms with Crippen LogP contribution >= 0.6 is 11.6 Å². The van der Waals surface area contributed by atoms with Crippen LogP contribution in [0.1, 0.15) is 31.7 Å². The highest BCUT2D eigenvalue weighted by Crippen LogP contribution is 2.33. The molecule has 0 aromatic heterocycles. The second-order valence-electron chi connectivity index (χ2n) is 5.60. The molecule has 0 heterocycles. The molecule has 0 radical (unpaired) electrons. The number of aliphatic hydroxyl groups is 1. The van der Waals surface area contributed by atoms with Gasteiger partial charge in [0.25, 0.3) is 0 Å². The topological polar surface area (TPSA) is 44.3 Å². The zero-order valence-electron chi connectivity index (χ0n) is 13.8. The first kappa shape index (κ1) is 17.6. The van der Waals surface area contributed by atoms with Gasteiger partial charge in [-0.05, 0) is 56.0 Å². The van der Waals surface area contributed by atoms with Gasteiger partial charge in [-0.25, -0.2) is 0 Å². The minimum atomic E-state index is 0.0544. The van der Waals surface area contributed by atoms with Crippen molar-refractivity contribution >= 4 is 22.9 Å². The predicted molar refractivity (Wildman–Crippen MR) is 99.7 cm³/mol. The summed E-state index contributed by atoms with van der Waals surface area (Å²) in [5, 5.41) is 16.4. The van der Waals surface area contributed by atoms with Gasteiger partial charge in [0.05, 0.1) is 6.61 Å². The molecule has 0 amide bonds. The van der Waals surface area contributed by atoms with Gasteiger partial charge in [-0.15, -0.1) is 0 Å². The number of hydrogen-bond donors (Lipinski definition) is 3. The Kier molecular flexibility index (Phi) is 6.75. The Morgan fingerprint density at radius 2 is 2.26 bits per heavy atom. The van der Waals surface area contributed by atoms with E-state index in [9.17, 15) is 0 Å². The monoisotopic (exact) mass is 332 g/mol. The van der Waals surface area contributed by atoms with E-state index in [1.807, 2.05) is 44.3 Å². The number of rotatable bonds is 6. The van der Waals surface area contributed by atoms with Crippen molar-refractivity contribution in [1.82, 2.24) is 5.32 Å². The van der Waals surface area contributed by atoms with E-state index < -0.39 is 0 Å². The van der Waals surface area contributed by atoms with E-state index in [4.69, 9.17) is 16.7 Å². The van der Waals surface area contributed by atoms with E-state index >= 15 is 0 Å². The minimum Gasteiger partial charge on any atom is -0.392 e. The predicted octanol–water partition coefficient (Wildman–Crippen LogP) is 4.36. The van der Waals surface area contributed by atoms with E-state index in [0.717, 1.165) is 35.7 Å². The fourth-order valence-electron chi connectivity index (χ4n) is 2.88. The van der Waals surface area contributed by atoms with Crippen LogP contribution in [-0.4, -0.2) is 24.8 Å². The minimum absolute atomic E-state index is 0.0544. The molecule has 0 bridgehead atoms. The molecule has 0 aliphatic heterocycles. The third kappa shape index (κ3) is 4.88. The molecule has 0 saturated heterocycles. The van der Waals surface area contributed by atoms with Gasteiger partial charge in [0.15, 0.2) is 0 Å². The maximum Gasteiger partial charge on any atom is 0.0616 e. The first-order chi connectivity index (χ1) is 11.2. The van der Waals surface area contributed by atoms with Gasteiger partial charge in [0.2, 0.25) is 0 Å². The normalized spacial score (nSPS) is 18.9. The van der Waals surface area contributed by atoms with E-state index in [-0.39, 0.29) is 12.6 Å². The van der Waals surface area contributed by atoms with Crippen molar-refractivity contribution in [2.24, 2.45) is 0 Å².